The van der Waals surface area contributed by atoms with Gasteiger partial charge in [0.15, 0.2) is 0 Å². The summed E-state index contributed by atoms with van der Waals surface area (Å²) in [7, 11) is 1.46. The second-order valence-electron chi connectivity index (χ2n) is 11.7. The van der Waals surface area contributed by atoms with Crippen molar-refractivity contribution in [3.05, 3.63) is 101 Å². The van der Waals surface area contributed by atoms with Crippen molar-refractivity contribution in [3.63, 3.8) is 0 Å². The molecule has 0 aromatic heterocycles. The first-order valence-electron chi connectivity index (χ1n) is 14.1. The molecule has 1 N–H and O–H groups in total. The SMILES string of the molecule is COCC(=O)Nc1ccc(CN(CCN2Cc3ccc(F)cc3CC2Cc2ccc(F)cc2)C(=O)OC(C)(C)C)cc1. The number of anilines is 1. The zero-order chi connectivity index (χ0) is 30.3. The number of halogens is 2. The van der Waals surface area contributed by atoms with Crippen LogP contribution in [0.4, 0.5) is 19.3 Å². The lowest BCUT2D eigenvalue weighted by molar-refractivity contribution is -0.119. The van der Waals surface area contributed by atoms with E-state index in [-0.39, 0.29) is 30.2 Å². The molecule has 9 heteroatoms. The van der Waals surface area contributed by atoms with Gasteiger partial charge in [0.2, 0.25) is 5.91 Å². The molecule has 0 radical (unpaired) electrons. The fourth-order valence-electron chi connectivity index (χ4n) is 5.08. The van der Waals surface area contributed by atoms with Crippen molar-refractivity contribution < 1.29 is 27.8 Å². The number of ether oxygens (including phenoxy) is 2. The van der Waals surface area contributed by atoms with Crippen LogP contribution >= 0.6 is 0 Å². The monoisotopic (exact) mass is 579 g/mol. The zero-order valence-electron chi connectivity index (χ0n) is 24.7. The molecule has 1 heterocycles. The second-order valence-corrected chi connectivity index (χ2v) is 11.7. The molecule has 1 aliphatic rings. The number of hydrogen-bond acceptors (Lipinski definition) is 5. The van der Waals surface area contributed by atoms with E-state index in [2.05, 4.69) is 10.2 Å². The highest BCUT2D eigenvalue weighted by molar-refractivity contribution is 5.91. The van der Waals surface area contributed by atoms with Gasteiger partial charge in [-0.05, 0) is 92.3 Å². The van der Waals surface area contributed by atoms with Crippen molar-refractivity contribution in [1.29, 1.82) is 0 Å². The number of rotatable bonds is 10. The molecule has 7 nitrogen and oxygen atoms in total. The van der Waals surface area contributed by atoms with Gasteiger partial charge in [0.25, 0.3) is 0 Å². The van der Waals surface area contributed by atoms with Crippen molar-refractivity contribution >= 4 is 17.7 Å². The van der Waals surface area contributed by atoms with Gasteiger partial charge in [0, 0.05) is 45.0 Å². The van der Waals surface area contributed by atoms with Crippen LogP contribution in [0.2, 0.25) is 0 Å². The molecule has 224 valence electrons. The molecule has 0 spiro atoms. The molecule has 0 aliphatic carbocycles. The lowest BCUT2D eigenvalue weighted by Crippen LogP contribution is -2.47. The van der Waals surface area contributed by atoms with Crippen molar-refractivity contribution in [2.45, 2.75) is 58.3 Å². The Morgan fingerprint density at radius 2 is 1.62 bits per heavy atom. The summed E-state index contributed by atoms with van der Waals surface area (Å²) in [6.07, 6.45) is 0.890. The summed E-state index contributed by atoms with van der Waals surface area (Å²) in [6, 6.07) is 18.7. The van der Waals surface area contributed by atoms with E-state index in [1.165, 1.54) is 25.3 Å². The topological polar surface area (TPSA) is 71.1 Å². The first-order chi connectivity index (χ1) is 20.0. The number of amides is 2. The average Bonchev–Trinajstić information content (AvgIpc) is 2.92. The Morgan fingerprint density at radius 1 is 0.952 bits per heavy atom. The van der Waals surface area contributed by atoms with Crippen LogP contribution in [0.25, 0.3) is 0 Å². The van der Waals surface area contributed by atoms with E-state index in [4.69, 9.17) is 9.47 Å². The van der Waals surface area contributed by atoms with Gasteiger partial charge in [-0.1, -0.05) is 30.3 Å². The number of carbonyl (C=O) groups excluding carboxylic acids is 2. The molecule has 3 aromatic rings. The van der Waals surface area contributed by atoms with E-state index < -0.39 is 11.7 Å². The van der Waals surface area contributed by atoms with Crippen LogP contribution < -0.4 is 5.32 Å². The summed E-state index contributed by atoms with van der Waals surface area (Å²) in [5, 5.41) is 2.76. The summed E-state index contributed by atoms with van der Waals surface area (Å²) in [6.45, 7) is 7.36. The number of carbonyl (C=O) groups is 2. The Bertz CT molecular complexity index is 1360. The molecule has 1 aliphatic heterocycles. The van der Waals surface area contributed by atoms with Gasteiger partial charge in [-0.3, -0.25) is 9.69 Å². The smallest absolute Gasteiger partial charge is 0.410 e. The van der Waals surface area contributed by atoms with Crippen LogP contribution in [0, 0.1) is 11.6 Å². The Balaban J connectivity index is 1.51. The number of nitrogens with zero attached hydrogens (tertiary/aromatic N) is 2. The number of benzene rings is 3. The minimum atomic E-state index is -0.663. The van der Waals surface area contributed by atoms with Gasteiger partial charge >= 0.3 is 6.09 Å². The Morgan fingerprint density at radius 3 is 2.29 bits per heavy atom. The van der Waals surface area contributed by atoms with Crippen molar-refractivity contribution in [2.75, 3.05) is 32.1 Å². The van der Waals surface area contributed by atoms with E-state index in [0.717, 1.165) is 22.3 Å². The van der Waals surface area contributed by atoms with E-state index in [9.17, 15) is 18.4 Å². The molecule has 1 unspecified atom stereocenters. The second kappa shape index (κ2) is 13.9. The van der Waals surface area contributed by atoms with Crippen LogP contribution in [0.5, 0.6) is 0 Å². The predicted molar refractivity (Wildman–Crippen MR) is 158 cm³/mol. The van der Waals surface area contributed by atoms with Gasteiger partial charge in [-0.25, -0.2) is 13.6 Å². The van der Waals surface area contributed by atoms with Gasteiger partial charge in [0.05, 0.1) is 0 Å². The Hall–Kier alpha value is -3.82. The fraction of sp³-hybridized carbons (Fsp3) is 0.394. The number of methoxy groups -OCH3 is 1. The number of fused-ring (bicyclic) bond motifs is 1. The molecular formula is C33H39F2N3O4. The third kappa shape index (κ3) is 9.09. The highest BCUT2D eigenvalue weighted by Crippen LogP contribution is 2.27. The van der Waals surface area contributed by atoms with Crippen LogP contribution in [-0.2, 0) is 40.2 Å². The van der Waals surface area contributed by atoms with Crippen LogP contribution in [0.3, 0.4) is 0 Å². The zero-order valence-corrected chi connectivity index (χ0v) is 24.7. The molecule has 3 aromatic carbocycles. The lowest BCUT2D eigenvalue weighted by atomic mass is 9.90. The predicted octanol–water partition coefficient (Wildman–Crippen LogP) is 5.96. The molecule has 42 heavy (non-hydrogen) atoms. The standard InChI is InChI=1S/C33H39F2N3O4/c1-33(2,3)42-32(40)38(20-24-7-13-29(14-8-24)36-31(39)22-41-4)16-15-37-21-25-9-12-28(35)18-26(25)19-30(37)17-23-5-10-27(34)11-6-23/h5-14,18,30H,15-17,19-22H2,1-4H3,(H,36,39). The molecule has 4 rings (SSSR count). The van der Waals surface area contributed by atoms with Crippen molar-refractivity contribution in [2.24, 2.45) is 0 Å². The first kappa shape index (κ1) is 31.1. The quantitative estimate of drug-likeness (QED) is 0.321. The largest absolute Gasteiger partial charge is 0.444 e. The van der Waals surface area contributed by atoms with Crippen molar-refractivity contribution in [1.82, 2.24) is 9.80 Å². The average molecular weight is 580 g/mol. The van der Waals surface area contributed by atoms with Crippen LogP contribution in [0.1, 0.15) is 43.0 Å². The minimum absolute atomic E-state index is 0.0355. The maximum Gasteiger partial charge on any atom is 0.410 e. The van der Waals surface area contributed by atoms with Crippen LogP contribution in [-0.4, -0.2) is 60.2 Å². The first-order valence-corrected chi connectivity index (χ1v) is 14.1. The summed E-state index contributed by atoms with van der Waals surface area (Å²) < 4.78 is 38.2. The van der Waals surface area contributed by atoms with Gasteiger partial charge in [-0.15, -0.1) is 0 Å². The van der Waals surface area contributed by atoms with E-state index in [0.29, 0.717) is 44.7 Å². The highest BCUT2D eigenvalue weighted by atomic mass is 19.1. The summed E-state index contributed by atoms with van der Waals surface area (Å²) in [5.74, 6) is -0.796. The summed E-state index contributed by atoms with van der Waals surface area (Å²) >= 11 is 0. The number of nitrogens with one attached hydrogen (secondary N) is 1. The molecule has 2 amide bonds. The van der Waals surface area contributed by atoms with Crippen LogP contribution in [0.15, 0.2) is 66.7 Å². The Labute approximate surface area is 246 Å². The molecule has 0 bridgehead atoms. The van der Waals surface area contributed by atoms with E-state index in [1.807, 2.05) is 39.0 Å². The fourth-order valence-corrected chi connectivity index (χ4v) is 5.08. The Kier molecular flexibility index (Phi) is 10.3. The number of hydrogen-bond donors (Lipinski definition) is 1. The highest BCUT2D eigenvalue weighted by Gasteiger charge is 2.29. The summed E-state index contributed by atoms with van der Waals surface area (Å²) in [5.41, 5.74) is 3.88. The third-order valence-electron chi connectivity index (χ3n) is 7.09. The molecular weight excluding hydrogens is 540 g/mol. The third-order valence-corrected chi connectivity index (χ3v) is 7.09. The lowest BCUT2D eigenvalue weighted by Gasteiger charge is -2.38. The maximum atomic E-state index is 14.1. The molecule has 0 saturated heterocycles. The molecule has 0 saturated carbocycles. The van der Waals surface area contributed by atoms with E-state index >= 15 is 0 Å². The van der Waals surface area contributed by atoms with Gasteiger partial charge in [0.1, 0.15) is 23.8 Å². The molecule has 1 atom stereocenters. The molecule has 0 fully saturated rings. The normalized spacial score (nSPS) is 15.1. The minimum Gasteiger partial charge on any atom is -0.444 e. The maximum absolute atomic E-state index is 14.1. The van der Waals surface area contributed by atoms with E-state index in [1.54, 1.807) is 35.2 Å². The van der Waals surface area contributed by atoms with Crippen molar-refractivity contribution in [3.8, 4) is 0 Å². The van der Waals surface area contributed by atoms with Gasteiger partial charge in [-0.2, -0.15) is 0 Å². The van der Waals surface area contributed by atoms with Gasteiger partial charge < -0.3 is 19.7 Å². The summed E-state index contributed by atoms with van der Waals surface area (Å²) in [4.78, 5) is 29.1.